The lowest BCUT2D eigenvalue weighted by molar-refractivity contribution is 1.18. The SMILES string of the molecule is c1ccc2c(c1)sc1ccc(-c3cn4c5nccnc5nc4c4ccccc34)cc12. The molecule has 0 unspecified atom stereocenters. The molecule has 0 spiro atoms. The Balaban J connectivity index is 1.62. The van der Waals surface area contributed by atoms with E-state index in [2.05, 4.69) is 87.3 Å². The van der Waals surface area contributed by atoms with Gasteiger partial charge in [-0.3, -0.25) is 4.40 Å². The van der Waals surface area contributed by atoms with E-state index in [0.717, 1.165) is 16.7 Å². The van der Waals surface area contributed by atoms with Crippen molar-refractivity contribution in [3.63, 3.8) is 0 Å². The van der Waals surface area contributed by atoms with Gasteiger partial charge in [-0.2, -0.15) is 0 Å². The molecule has 0 atom stereocenters. The maximum Gasteiger partial charge on any atom is 0.198 e. The maximum atomic E-state index is 4.75. The van der Waals surface area contributed by atoms with Crippen LogP contribution in [-0.4, -0.2) is 19.4 Å². The number of aromatic nitrogens is 4. The van der Waals surface area contributed by atoms with Crippen molar-refractivity contribution in [1.82, 2.24) is 19.4 Å². The predicted molar refractivity (Wildman–Crippen MR) is 124 cm³/mol. The first kappa shape index (κ1) is 16.0. The molecule has 0 radical (unpaired) electrons. The molecule has 4 heterocycles. The van der Waals surface area contributed by atoms with Gasteiger partial charge in [-0.25, -0.2) is 15.0 Å². The summed E-state index contributed by atoms with van der Waals surface area (Å²) in [5.41, 5.74) is 4.69. The van der Waals surface area contributed by atoms with E-state index in [1.165, 1.54) is 36.7 Å². The molecule has 7 aromatic rings. The van der Waals surface area contributed by atoms with E-state index in [1.807, 2.05) is 11.3 Å². The van der Waals surface area contributed by atoms with Crippen LogP contribution in [0.2, 0.25) is 0 Å². The van der Waals surface area contributed by atoms with Crippen molar-refractivity contribution in [1.29, 1.82) is 0 Å². The summed E-state index contributed by atoms with van der Waals surface area (Å²) in [6.07, 6.45) is 5.56. The third kappa shape index (κ3) is 2.12. The highest BCUT2D eigenvalue weighted by Gasteiger charge is 2.15. The van der Waals surface area contributed by atoms with E-state index < -0.39 is 0 Å². The molecule has 0 saturated heterocycles. The standard InChI is InChI=1S/C25H14N4S/c1-2-7-18-16(5-1)20(14-29-24(18)28-23-25(29)27-12-11-26-23)15-9-10-22-19(13-15)17-6-3-4-8-21(17)30-22/h1-14H. The second kappa shape index (κ2) is 5.84. The van der Waals surface area contributed by atoms with Crippen molar-refractivity contribution in [2.24, 2.45) is 0 Å². The molecule has 0 aliphatic heterocycles. The molecule has 4 aromatic heterocycles. The molecule has 0 aliphatic carbocycles. The number of benzene rings is 3. The zero-order chi connectivity index (χ0) is 19.7. The molecule has 5 heteroatoms. The summed E-state index contributed by atoms with van der Waals surface area (Å²) in [6, 6.07) is 23.8. The van der Waals surface area contributed by atoms with Gasteiger partial charge < -0.3 is 0 Å². The smallest absolute Gasteiger partial charge is 0.198 e. The molecule has 0 bridgehead atoms. The van der Waals surface area contributed by atoms with E-state index in [4.69, 9.17) is 4.98 Å². The monoisotopic (exact) mass is 402 g/mol. The molecule has 7 rings (SSSR count). The van der Waals surface area contributed by atoms with Crippen molar-refractivity contribution in [2.45, 2.75) is 0 Å². The topological polar surface area (TPSA) is 43.1 Å². The van der Waals surface area contributed by atoms with E-state index in [-0.39, 0.29) is 0 Å². The average Bonchev–Trinajstić information content (AvgIpc) is 3.36. The van der Waals surface area contributed by atoms with Crippen LogP contribution in [-0.2, 0) is 0 Å². The van der Waals surface area contributed by atoms with Gasteiger partial charge in [0.2, 0.25) is 0 Å². The summed E-state index contributed by atoms with van der Waals surface area (Å²) in [7, 11) is 0. The molecule has 4 nitrogen and oxygen atoms in total. The van der Waals surface area contributed by atoms with Crippen LogP contribution in [0, 0.1) is 0 Å². The molecule has 0 fully saturated rings. The normalized spacial score (nSPS) is 12.0. The van der Waals surface area contributed by atoms with Gasteiger partial charge in [0.25, 0.3) is 0 Å². The van der Waals surface area contributed by atoms with Crippen LogP contribution in [0.5, 0.6) is 0 Å². The molecule has 0 aliphatic rings. The molecular formula is C25H14N4S. The van der Waals surface area contributed by atoms with Crippen molar-refractivity contribution >= 4 is 59.2 Å². The molecule has 30 heavy (non-hydrogen) atoms. The van der Waals surface area contributed by atoms with Gasteiger partial charge in [0.15, 0.2) is 11.3 Å². The number of nitrogens with zero attached hydrogens (tertiary/aromatic N) is 4. The second-order valence-corrected chi connectivity index (χ2v) is 8.49. The van der Waals surface area contributed by atoms with Gasteiger partial charge in [-0.1, -0.05) is 48.5 Å². The lowest BCUT2D eigenvalue weighted by Crippen LogP contribution is -1.92. The first-order valence-electron chi connectivity index (χ1n) is 9.79. The quantitative estimate of drug-likeness (QED) is 0.316. The van der Waals surface area contributed by atoms with Crippen LogP contribution in [0.4, 0.5) is 0 Å². The van der Waals surface area contributed by atoms with Gasteiger partial charge in [0.05, 0.1) is 0 Å². The van der Waals surface area contributed by atoms with E-state index in [0.29, 0.717) is 5.65 Å². The first-order valence-corrected chi connectivity index (χ1v) is 10.6. The molecule has 0 N–H and O–H groups in total. The lowest BCUT2D eigenvalue weighted by Gasteiger charge is -2.10. The van der Waals surface area contributed by atoms with Crippen LogP contribution >= 0.6 is 11.3 Å². The van der Waals surface area contributed by atoms with Gasteiger partial charge in [0, 0.05) is 49.7 Å². The number of pyridine rings is 1. The van der Waals surface area contributed by atoms with Gasteiger partial charge in [-0.15, -0.1) is 11.3 Å². The highest BCUT2D eigenvalue weighted by Crippen LogP contribution is 2.38. The maximum absolute atomic E-state index is 4.75. The van der Waals surface area contributed by atoms with Crippen LogP contribution < -0.4 is 0 Å². The third-order valence-corrected chi connectivity index (χ3v) is 6.88. The highest BCUT2D eigenvalue weighted by atomic mass is 32.1. The van der Waals surface area contributed by atoms with Crippen molar-refractivity contribution in [3.8, 4) is 11.1 Å². The Bertz CT molecular complexity index is 1760. The zero-order valence-corrected chi connectivity index (χ0v) is 16.6. The van der Waals surface area contributed by atoms with Crippen molar-refractivity contribution < 1.29 is 0 Å². The summed E-state index contributed by atoms with van der Waals surface area (Å²) < 4.78 is 4.70. The molecule has 0 amide bonds. The fraction of sp³-hybridized carbons (Fsp3) is 0. The Labute approximate surface area is 175 Å². The largest absolute Gasteiger partial charge is 0.282 e. The Morgan fingerprint density at radius 1 is 0.667 bits per heavy atom. The summed E-state index contributed by atoms with van der Waals surface area (Å²) in [5, 5.41) is 4.89. The fourth-order valence-electron chi connectivity index (χ4n) is 4.37. The molecule has 3 aromatic carbocycles. The molecular weight excluding hydrogens is 388 g/mol. The molecule has 140 valence electrons. The van der Waals surface area contributed by atoms with Crippen LogP contribution in [0.3, 0.4) is 0 Å². The first-order chi connectivity index (χ1) is 14.9. The van der Waals surface area contributed by atoms with Crippen LogP contribution in [0.15, 0.2) is 85.3 Å². The molecule has 0 saturated carbocycles. The van der Waals surface area contributed by atoms with Crippen molar-refractivity contribution in [3.05, 3.63) is 85.3 Å². The second-order valence-electron chi connectivity index (χ2n) is 7.41. The third-order valence-electron chi connectivity index (χ3n) is 5.73. The van der Waals surface area contributed by atoms with Gasteiger partial charge in [-0.05, 0) is 29.1 Å². The van der Waals surface area contributed by atoms with Crippen LogP contribution in [0.1, 0.15) is 0 Å². The Morgan fingerprint density at radius 2 is 1.43 bits per heavy atom. The number of hydrogen-bond donors (Lipinski definition) is 0. The average molecular weight is 402 g/mol. The van der Waals surface area contributed by atoms with E-state index >= 15 is 0 Å². The number of imidazole rings is 1. The number of fused-ring (bicyclic) bond motifs is 8. The number of hydrogen-bond acceptors (Lipinski definition) is 4. The van der Waals surface area contributed by atoms with Gasteiger partial charge in [0.1, 0.15) is 5.65 Å². The Morgan fingerprint density at radius 3 is 2.37 bits per heavy atom. The summed E-state index contributed by atoms with van der Waals surface area (Å²) >= 11 is 1.84. The van der Waals surface area contributed by atoms with E-state index in [9.17, 15) is 0 Å². The number of rotatable bonds is 1. The van der Waals surface area contributed by atoms with Crippen molar-refractivity contribution in [2.75, 3.05) is 0 Å². The van der Waals surface area contributed by atoms with Crippen LogP contribution in [0.25, 0.3) is 59.0 Å². The van der Waals surface area contributed by atoms with E-state index in [1.54, 1.807) is 12.4 Å². The minimum atomic E-state index is 0.666. The predicted octanol–water partition coefficient (Wildman–Crippen LogP) is 6.47. The number of thiophene rings is 1. The van der Waals surface area contributed by atoms with Gasteiger partial charge >= 0.3 is 0 Å². The fourth-order valence-corrected chi connectivity index (χ4v) is 5.46. The Hall–Kier alpha value is -3.83. The minimum Gasteiger partial charge on any atom is -0.282 e. The highest BCUT2D eigenvalue weighted by molar-refractivity contribution is 7.25. The summed E-state index contributed by atoms with van der Waals surface area (Å²) in [5.74, 6) is 0. The lowest BCUT2D eigenvalue weighted by atomic mass is 9.99. The summed E-state index contributed by atoms with van der Waals surface area (Å²) in [6.45, 7) is 0. The minimum absolute atomic E-state index is 0.666. The zero-order valence-electron chi connectivity index (χ0n) is 15.8. The Kier molecular flexibility index (Phi) is 3.12. The summed E-state index contributed by atoms with van der Waals surface area (Å²) in [4.78, 5) is 13.7.